The number of benzene rings is 2. The van der Waals surface area contributed by atoms with Crippen LogP contribution in [-0.4, -0.2) is 68.7 Å². The molecule has 206 valence electrons. The molecule has 0 radical (unpaired) electrons. The van der Waals surface area contributed by atoms with Crippen LogP contribution in [0.2, 0.25) is 5.02 Å². The molecule has 1 aliphatic heterocycles. The van der Waals surface area contributed by atoms with Crippen LogP contribution >= 0.6 is 23.4 Å². The maximum absolute atomic E-state index is 13.6. The number of nitrogens with zero attached hydrogens (tertiary/aromatic N) is 1. The first-order chi connectivity index (χ1) is 17.8. The van der Waals surface area contributed by atoms with Gasteiger partial charge in [-0.2, -0.15) is 0 Å². The SMILES string of the molecule is CC(C)(C)NC(=O)[C@H]1N(C(=O)[C@@H](O)[C@H](Cc2ccccc2)NC(=O)COc2cccc(Cl)c2)CSC1(C)C. The second-order valence-electron chi connectivity index (χ2n) is 10.9. The van der Waals surface area contributed by atoms with Crippen molar-refractivity contribution >= 4 is 41.1 Å². The van der Waals surface area contributed by atoms with Crippen LogP contribution < -0.4 is 15.4 Å². The van der Waals surface area contributed by atoms with E-state index in [4.69, 9.17) is 16.3 Å². The van der Waals surface area contributed by atoms with E-state index in [0.29, 0.717) is 10.8 Å². The van der Waals surface area contributed by atoms with Gasteiger partial charge in [0.15, 0.2) is 12.7 Å². The molecule has 1 fully saturated rings. The summed E-state index contributed by atoms with van der Waals surface area (Å²) in [6, 6.07) is 14.2. The van der Waals surface area contributed by atoms with Crippen molar-refractivity contribution in [2.75, 3.05) is 12.5 Å². The van der Waals surface area contributed by atoms with E-state index in [0.717, 1.165) is 5.56 Å². The molecule has 0 spiro atoms. The van der Waals surface area contributed by atoms with Crippen LogP contribution in [-0.2, 0) is 20.8 Å². The minimum Gasteiger partial charge on any atom is -0.484 e. The third-order valence-corrected chi connectivity index (χ3v) is 7.63. The van der Waals surface area contributed by atoms with Gasteiger partial charge in [0.05, 0.1) is 11.9 Å². The molecular weight excluding hydrogens is 526 g/mol. The molecule has 2 aromatic rings. The molecule has 1 saturated heterocycles. The fourth-order valence-electron chi connectivity index (χ4n) is 4.26. The van der Waals surface area contributed by atoms with Crippen LogP contribution in [0.15, 0.2) is 54.6 Å². The first-order valence-electron chi connectivity index (χ1n) is 12.4. The van der Waals surface area contributed by atoms with Gasteiger partial charge in [-0.1, -0.05) is 48.0 Å². The van der Waals surface area contributed by atoms with Crippen molar-refractivity contribution in [3.8, 4) is 5.75 Å². The number of thioether (sulfide) groups is 1. The molecule has 1 heterocycles. The van der Waals surface area contributed by atoms with E-state index in [2.05, 4.69) is 10.6 Å². The molecule has 0 aromatic heterocycles. The fraction of sp³-hybridized carbons (Fsp3) is 0.464. The highest BCUT2D eigenvalue weighted by molar-refractivity contribution is 8.00. The molecule has 38 heavy (non-hydrogen) atoms. The van der Waals surface area contributed by atoms with Crippen LogP contribution in [0.5, 0.6) is 5.75 Å². The lowest BCUT2D eigenvalue weighted by atomic mass is 9.96. The number of hydrogen-bond acceptors (Lipinski definition) is 6. The molecule has 0 bridgehead atoms. The molecule has 3 amide bonds. The van der Waals surface area contributed by atoms with E-state index in [9.17, 15) is 19.5 Å². The van der Waals surface area contributed by atoms with Gasteiger partial charge in [0.25, 0.3) is 11.8 Å². The number of carbonyl (C=O) groups excluding carboxylic acids is 3. The van der Waals surface area contributed by atoms with E-state index in [-0.39, 0.29) is 24.8 Å². The Morgan fingerprint density at radius 3 is 2.47 bits per heavy atom. The van der Waals surface area contributed by atoms with Crippen LogP contribution in [0.3, 0.4) is 0 Å². The Morgan fingerprint density at radius 1 is 1.16 bits per heavy atom. The second kappa shape index (κ2) is 12.4. The Balaban J connectivity index is 1.78. The largest absolute Gasteiger partial charge is 0.484 e. The van der Waals surface area contributed by atoms with Gasteiger partial charge in [0.1, 0.15) is 11.8 Å². The summed E-state index contributed by atoms with van der Waals surface area (Å²) in [4.78, 5) is 41.0. The zero-order valence-corrected chi connectivity index (χ0v) is 23.9. The van der Waals surface area contributed by atoms with Gasteiger partial charge in [-0.25, -0.2) is 0 Å². The van der Waals surface area contributed by atoms with Gasteiger partial charge in [0.2, 0.25) is 5.91 Å². The van der Waals surface area contributed by atoms with Gasteiger partial charge < -0.3 is 25.4 Å². The predicted molar refractivity (Wildman–Crippen MR) is 150 cm³/mol. The summed E-state index contributed by atoms with van der Waals surface area (Å²) in [5.74, 6) is -0.737. The first kappa shape index (κ1) is 29.8. The Morgan fingerprint density at radius 2 is 1.84 bits per heavy atom. The van der Waals surface area contributed by atoms with E-state index in [1.165, 1.54) is 16.7 Å². The lowest BCUT2D eigenvalue weighted by Gasteiger charge is -2.35. The van der Waals surface area contributed by atoms with E-state index in [1.807, 2.05) is 65.0 Å². The smallest absolute Gasteiger partial charge is 0.258 e. The van der Waals surface area contributed by atoms with Crippen molar-refractivity contribution in [1.82, 2.24) is 15.5 Å². The highest BCUT2D eigenvalue weighted by atomic mass is 35.5. The highest BCUT2D eigenvalue weighted by Gasteiger charge is 2.50. The summed E-state index contributed by atoms with van der Waals surface area (Å²) in [5, 5.41) is 17.5. The van der Waals surface area contributed by atoms with E-state index in [1.54, 1.807) is 24.3 Å². The summed E-state index contributed by atoms with van der Waals surface area (Å²) < 4.78 is 4.97. The standard InChI is InChI=1S/C28H36ClN3O5S/c1-27(2,3)31-25(35)24-28(4,5)38-17-32(24)26(36)23(34)21(14-18-10-7-6-8-11-18)30-22(33)16-37-20-13-9-12-19(29)15-20/h6-13,15,21,23-24,34H,14,16-17H2,1-5H3,(H,30,33)(H,31,35)/t21-,23-,24+/m0/s1. The number of aliphatic hydroxyl groups is 1. The number of nitrogens with one attached hydrogen (secondary N) is 2. The summed E-state index contributed by atoms with van der Waals surface area (Å²) in [6.07, 6.45) is -1.37. The normalized spacial score (nSPS) is 18.4. The molecule has 3 atom stereocenters. The number of ether oxygens (including phenoxy) is 1. The number of amides is 3. The van der Waals surface area contributed by atoms with Crippen molar-refractivity contribution in [2.45, 2.75) is 69.5 Å². The minimum absolute atomic E-state index is 0.208. The number of hydrogen-bond donors (Lipinski definition) is 3. The summed E-state index contributed by atoms with van der Waals surface area (Å²) >= 11 is 7.44. The van der Waals surface area contributed by atoms with Gasteiger partial charge in [-0.05, 0) is 64.8 Å². The predicted octanol–water partition coefficient (Wildman–Crippen LogP) is 3.40. The van der Waals surface area contributed by atoms with Crippen LogP contribution in [0.25, 0.3) is 0 Å². The molecule has 0 unspecified atom stereocenters. The lowest BCUT2D eigenvalue weighted by molar-refractivity contribution is -0.148. The molecule has 0 aliphatic carbocycles. The van der Waals surface area contributed by atoms with Crippen LogP contribution in [0, 0.1) is 0 Å². The zero-order chi connectivity index (χ0) is 28.1. The number of halogens is 1. The van der Waals surface area contributed by atoms with Crippen molar-refractivity contribution in [3.63, 3.8) is 0 Å². The quantitative estimate of drug-likeness (QED) is 0.433. The maximum atomic E-state index is 13.6. The van der Waals surface area contributed by atoms with Crippen LogP contribution in [0.1, 0.15) is 40.2 Å². The Hall–Kier alpha value is -2.75. The molecule has 2 aromatic carbocycles. The summed E-state index contributed by atoms with van der Waals surface area (Å²) in [7, 11) is 0. The molecular formula is C28H36ClN3O5S. The van der Waals surface area contributed by atoms with Crippen LogP contribution in [0.4, 0.5) is 0 Å². The Labute approximate surface area is 233 Å². The average molecular weight is 562 g/mol. The second-order valence-corrected chi connectivity index (χ2v) is 12.9. The zero-order valence-electron chi connectivity index (χ0n) is 22.4. The van der Waals surface area contributed by atoms with E-state index < -0.39 is 40.3 Å². The number of aliphatic hydroxyl groups excluding tert-OH is 1. The fourth-order valence-corrected chi connectivity index (χ4v) is 5.58. The van der Waals surface area contributed by atoms with E-state index >= 15 is 0 Å². The monoisotopic (exact) mass is 561 g/mol. The van der Waals surface area contributed by atoms with Crippen molar-refractivity contribution in [2.24, 2.45) is 0 Å². The third-order valence-electron chi connectivity index (χ3n) is 6.02. The first-order valence-corrected chi connectivity index (χ1v) is 13.8. The molecule has 3 N–H and O–H groups in total. The maximum Gasteiger partial charge on any atom is 0.258 e. The summed E-state index contributed by atoms with van der Waals surface area (Å²) in [5.41, 5.74) is 0.346. The van der Waals surface area contributed by atoms with Crippen molar-refractivity contribution < 1.29 is 24.2 Å². The van der Waals surface area contributed by atoms with Crippen molar-refractivity contribution in [1.29, 1.82) is 0 Å². The molecule has 1 aliphatic rings. The molecule has 3 rings (SSSR count). The molecule has 0 saturated carbocycles. The number of rotatable bonds is 9. The lowest BCUT2D eigenvalue weighted by Crippen LogP contribution is -2.60. The van der Waals surface area contributed by atoms with Gasteiger partial charge in [0, 0.05) is 15.3 Å². The molecule has 8 nitrogen and oxygen atoms in total. The van der Waals surface area contributed by atoms with Crippen molar-refractivity contribution in [3.05, 3.63) is 65.2 Å². The topological polar surface area (TPSA) is 108 Å². The third kappa shape index (κ3) is 8.12. The van der Waals surface area contributed by atoms with Gasteiger partial charge >= 0.3 is 0 Å². The minimum atomic E-state index is -1.58. The Kier molecular flexibility index (Phi) is 9.73. The Bertz CT molecular complexity index is 1140. The van der Waals surface area contributed by atoms with Gasteiger partial charge in [-0.15, -0.1) is 11.8 Å². The summed E-state index contributed by atoms with van der Waals surface area (Å²) in [6.45, 7) is 9.10. The average Bonchev–Trinajstić information content (AvgIpc) is 3.16. The number of carbonyl (C=O) groups is 3. The highest BCUT2D eigenvalue weighted by Crippen LogP contribution is 2.40. The van der Waals surface area contributed by atoms with Gasteiger partial charge in [-0.3, -0.25) is 14.4 Å². The molecule has 10 heteroatoms.